The summed E-state index contributed by atoms with van der Waals surface area (Å²) in [5.74, 6) is -2.18. The maximum atomic E-state index is 11.0. The van der Waals surface area contributed by atoms with E-state index in [1.165, 1.54) is 6.92 Å². The molecule has 0 aliphatic rings. The van der Waals surface area contributed by atoms with Crippen molar-refractivity contribution in [1.29, 1.82) is 0 Å². The Kier molecular flexibility index (Phi) is 8.00. The molecule has 0 aromatic heterocycles. The van der Waals surface area contributed by atoms with Gasteiger partial charge in [0.15, 0.2) is 0 Å². The number of ether oxygens (including phenoxy) is 2. The number of carboxylic acid groups (broad SMARTS) is 1. The van der Waals surface area contributed by atoms with Crippen LogP contribution >= 0.6 is 45.2 Å². The van der Waals surface area contributed by atoms with Gasteiger partial charge in [0.1, 0.15) is 18.6 Å². The molecule has 0 heterocycles. The van der Waals surface area contributed by atoms with E-state index >= 15 is 0 Å². The summed E-state index contributed by atoms with van der Waals surface area (Å²) in [4.78, 5) is 32.9. The van der Waals surface area contributed by atoms with Crippen LogP contribution in [0.3, 0.4) is 0 Å². The summed E-state index contributed by atoms with van der Waals surface area (Å²) in [5.41, 5.74) is -1.41. The molecule has 0 fully saturated rings. The molecule has 0 radical (unpaired) electrons. The van der Waals surface area contributed by atoms with Gasteiger partial charge in [0, 0.05) is 0 Å². The molecule has 8 heteroatoms. The number of hydrogen-bond acceptors (Lipinski definition) is 5. The first kappa shape index (κ1) is 16.9. The molecule has 6 nitrogen and oxygen atoms in total. The minimum atomic E-state index is -1.41. The van der Waals surface area contributed by atoms with Crippen molar-refractivity contribution in [2.45, 2.75) is 6.92 Å². The van der Waals surface area contributed by atoms with Crippen molar-refractivity contribution < 1.29 is 29.0 Å². The van der Waals surface area contributed by atoms with E-state index in [1.54, 1.807) is 0 Å². The highest BCUT2D eigenvalue weighted by atomic mass is 127. The van der Waals surface area contributed by atoms with Crippen molar-refractivity contribution in [1.82, 2.24) is 0 Å². The number of carboxylic acids is 1. The zero-order valence-electron chi connectivity index (χ0n) is 9.07. The molecule has 0 rings (SSSR count). The van der Waals surface area contributed by atoms with Crippen molar-refractivity contribution in [3.63, 3.8) is 0 Å². The number of rotatable bonds is 7. The molecule has 0 spiro atoms. The number of esters is 2. The molecule has 0 aromatic carbocycles. The second-order valence-corrected chi connectivity index (χ2v) is 4.98. The molecular formula is C9H12I2O6. The predicted octanol–water partition coefficient (Wildman–Crippen LogP) is 1.03. The SMILES string of the molecule is CC(COC(=O)CI)(COC(=O)CI)C(=O)O. The molecule has 0 aliphatic heterocycles. The van der Waals surface area contributed by atoms with Crippen molar-refractivity contribution >= 4 is 63.1 Å². The first-order valence-corrected chi connectivity index (χ1v) is 7.57. The Morgan fingerprint density at radius 3 is 1.65 bits per heavy atom. The second-order valence-electron chi connectivity index (χ2n) is 3.45. The van der Waals surface area contributed by atoms with Gasteiger partial charge in [0.2, 0.25) is 0 Å². The zero-order chi connectivity index (χ0) is 13.5. The van der Waals surface area contributed by atoms with Crippen LogP contribution in [-0.2, 0) is 23.9 Å². The van der Waals surface area contributed by atoms with Crippen molar-refractivity contribution in [2.75, 3.05) is 22.1 Å². The van der Waals surface area contributed by atoms with Crippen LogP contribution in [-0.4, -0.2) is 45.1 Å². The van der Waals surface area contributed by atoms with E-state index in [4.69, 9.17) is 14.6 Å². The van der Waals surface area contributed by atoms with Gasteiger partial charge in [0.05, 0.1) is 8.86 Å². The van der Waals surface area contributed by atoms with Crippen LogP contribution in [0.25, 0.3) is 0 Å². The van der Waals surface area contributed by atoms with Gasteiger partial charge in [-0.1, -0.05) is 45.2 Å². The third kappa shape index (κ3) is 6.38. The fraction of sp³-hybridized carbons (Fsp3) is 0.667. The summed E-state index contributed by atoms with van der Waals surface area (Å²) in [7, 11) is 0. The van der Waals surface area contributed by atoms with Gasteiger partial charge in [-0.2, -0.15) is 0 Å². The van der Waals surface area contributed by atoms with Crippen molar-refractivity contribution in [2.24, 2.45) is 5.41 Å². The number of halogens is 2. The van der Waals surface area contributed by atoms with Gasteiger partial charge in [-0.15, -0.1) is 0 Å². The Morgan fingerprint density at radius 1 is 1.06 bits per heavy atom. The topological polar surface area (TPSA) is 89.9 Å². The number of aliphatic carboxylic acids is 1. The number of alkyl halides is 2. The molecule has 0 bridgehead atoms. The lowest BCUT2D eigenvalue weighted by Crippen LogP contribution is -2.39. The summed E-state index contributed by atoms with van der Waals surface area (Å²) in [6.45, 7) is 0.716. The Bertz CT molecular complexity index is 284. The van der Waals surface area contributed by atoms with E-state index in [0.717, 1.165) is 0 Å². The fourth-order valence-electron chi connectivity index (χ4n) is 0.722. The zero-order valence-corrected chi connectivity index (χ0v) is 13.4. The molecule has 17 heavy (non-hydrogen) atoms. The van der Waals surface area contributed by atoms with Crippen LogP contribution in [0, 0.1) is 5.41 Å². The Labute approximate surface area is 126 Å². The molecule has 0 atom stereocenters. The molecule has 98 valence electrons. The molecule has 0 aromatic rings. The normalized spacial score (nSPS) is 10.8. The molecule has 0 amide bonds. The van der Waals surface area contributed by atoms with Crippen LogP contribution in [0.2, 0.25) is 0 Å². The molecule has 0 aliphatic carbocycles. The summed E-state index contributed by atoms with van der Waals surface area (Å²) < 4.78 is 9.81. The maximum Gasteiger partial charge on any atom is 0.316 e. The summed E-state index contributed by atoms with van der Waals surface area (Å²) in [5, 5.41) is 9.02. The molecule has 0 saturated carbocycles. The minimum Gasteiger partial charge on any atom is -0.481 e. The fourth-order valence-corrected chi connectivity index (χ4v) is 1.16. The van der Waals surface area contributed by atoms with Gasteiger partial charge < -0.3 is 14.6 Å². The van der Waals surface area contributed by atoms with Gasteiger partial charge in [-0.25, -0.2) is 0 Å². The molecule has 0 saturated heterocycles. The van der Waals surface area contributed by atoms with E-state index in [-0.39, 0.29) is 22.1 Å². The summed E-state index contributed by atoms with van der Waals surface area (Å²) >= 11 is 3.62. The third-order valence-corrected chi connectivity index (χ3v) is 3.08. The average molecular weight is 470 g/mol. The third-order valence-electron chi connectivity index (χ3n) is 1.84. The number of carbonyl (C=O) groups excluding carboxylic acids is 2. The lowest BCUT2D eigenvalue weighted by atomic mass is 9.93. The predicted molar refractivity (Wildman–Crippen MR) is 75.4 cm³/mol. The Morgan fingerprint density at radius 2 is 1.41 bits per heavy atom. The van der Waals surface area contributed by atoms with E-state index in [2.05, 4.69) is 0 Å². The van der Waals surface area contributed by atoms with Crippen molar-refractivity contribution in [3.05, 3.63) is 0 Å². The lowest BCUT2D eigenvalue weighted by Gasteiger charge is -2.23. The highest BCUT2D eigenvalue weighted by molar-refractivity contribution is 14.1. The number of hydrogen-bond donors (Lipinski definition) is 1. The standard InChI is InChI=1S/C9H12I2O6/c1-9(8(14)15,4-16-6(12)2-10)5-17-7(13)3-11/h2-5H2,1H3,(H,14,15). The average Bonchev–Trinajstić information content (AvgIpc) is 2.32. The molecule has 1 N–H and O–H groups in total. The van der Waals surface area contributed by atoms with Gasteiger partial charge >= 0.3 is 17.9 Å². The largest absolute Gasteiger partial charge is 0.481 e. The minimum absolute atomic E-state index is 0.140. The monoisotopic (exact) mass is 470 g/mol. The highest BCUT2D eigenvalue weighted by Gasteiger charge is 2.36. The van der Waals surface area contributed by atoms with E-state index < -0.39 is 23.3 Å². The first-order valence-electron chi connectivity index (χ1n) is 4.52. The lowest BCUT2D eigenvalue weighted by molar-refractivity contribution is -0.163. The highest BCUT2D eigenvalue weighted by Crippen LogP contribution is 2.18. The first-order chi connectivity index (χ1) is 7.85. The molecule has 0 unspecified atom stereocenters. The quantitative estimate of drug-likeness (QED) is 0.340. The summed E-state index contributed by atoms with van der Waals surface area (Å²) in [6, 6.07) is 0. The smallest absolute Gasteiger partial charge is 0.316 e. The van der Waals surface area contributed by atoms with E-state index in [1.807, 2.05) is 45.2 Å². The van der Waals surface area contributed by atoms with Crippen molar-refractivity contribution in [3.8, 4) is 0 Å². The van der Waals surface area contributed by atoms with Crippen LogP contribution in [0.1, 0.15) is 6.92 Å². The Hall–Kier alpha value is -0.130. The maximum absolute atomic E-state index is 11.0. The van der Waals surface area contributed by atoms with Crippen LogP contribution in [0.5, 0.6) is 0 Å². The number of carbonyl (C=O) groups is 3. The second kappa shape index (κ2) is 8.06. The molecular weight excluding hydrogens is 458 g/mol. The van der Waals surface area contributed by atoms with E-state index in [9.17, 15) is 14.4 Å². The Balaban J connectivity index is 4.41. The summed E-state index contributed by atoms with van der Waals surface area (Å²) in [6.07, 6.45) is 0. The van der Waals surface area contributed by atoms with Crippen LogP contribution < -0.4 is 0 Å². The van der Waals surface area contributed by atoms with Gasteiger partial charge in [-0.05, 0) is 6.92 Å². The van der Waals surface area contributed by atoms with E-state index in [0.29, 0.717) is 0 Å². The van der Waals surface area contributed by atoms with Gasteiger partial charge in [0.25, 0.3) is 0 Å². The van der Waals surface area contributed by atoms with Gasteiger partial charge in [-0.3, -0.25) is 14.4 Å². The van der Waals surface area contributed by atoms with Crippen LogP contribution in [0.15, 0.2) is 0 Å². The van der Waals surface area contributed by atoms with Crippen LogP contribution in [0.4, 0.5) is 0 Å².